The van der Waals surface area contributed by atoms with E-state index in [9.17, 15) is 0 Å². The van der Waals surface area contributed by atoms with Crippen molar-refractivity contribution >= 4 is 0 Å². The fourth-order valence-corrected chi connectivity index (χ4v) is 5.82. The van der Waals surface area contributed by atoms with Crippen LogP contribution in [0.25, 0.3) is 45.0 Å². The lowest BCUT2D eigenvalue weighted by Crippen LogP contribution is -2.03. The molecule has 4 aromatic carbocycles. The molecule has 2 fully saturated rings. The second-order valence-electron chi connectivity index (χ2n) is 13.1. The van der Waals surface area contributed by atoms with Crippen LogP contribution in [-0.4, -0.2) is 49.1 Å². The predicted octanol–water partition coefficient (Wildman–Crippen LogP) is 9.82. The summed E-state index contributed by atoms with van der Waals surface area (Å²) in [5.41, 5.74) is 8.80. The van der Waals surface area contributed by atoms with Gasteiger partial charge in [0.1, 0.15) is 35.7 Å². The molecule has 1 saturated carbocycles. The van der Waals surface area contributed by atoms with Crippen molar-refractivity contribution in [3.05, 3.63) is 121 Å². The van der Waals surface area contributed by atoms with Gasteiger partial charge < -0.3 is 33.7 Å². The Bertz CT molecular complexity index is 1810. The number of hydrogen-bond acceptors (Lipinski definition) is 5. The van der Waals surface area contributed by atoms with E-state index in [1.165, 1.54) is 12.8 Å². The van der Waals surface area contributed by atoms with Crippen molar-refractivity contribution in [1.82, 2.24) is 9.97 Å². The van der Waals surface area contributed by atoms with Crippen LogP contribution in [0.3, 0.4) is 0 Å². The summed E-state index contributed by atoms with van der Waals surface area (Å²) in [4.78, 5) is 7.08. The molecule has 2 aliphatic rings. The molecule has 8 rings (SSSR count). The van der Waals surface area contributed by atoms with Gasteiger partial charge in [-0.15, -0.1) is 0 Å². The van der Waals surface area contributed by atoms with Crippen LogP contribution >= 0.6 is 0 Å². The monoisotopic (exact) mass is 666 g/mol. The van der Waals surface area contributed by atoms with Gasteiger partial charge in [-0.1, -0.05) is 0 Å². The maximum atomic E-state index is 6.01. The van der Waals surface area contributed by atoms with Crippen molar-refractivity contribution in [2.75, 3.05) is 33.0 Å². The Morgan fingerprint density at radius 2 is 0.780 bits per heavy atom. The summed E-state index contributed by atoms with van der Waals surface area (Å²) in [6, 6.07) is 41.4. The highest BCUT2D eigenvalue weighted by atomic mass is 16.6. The Morgan fingerprint density at radius 3 is 1.12 bits per heavy atom. The largest absolute Gasteiger partial charge is 0.494 e. The molecule has 50 heavy (non-hydrogen) atoms. The maximum Gasteiger partial charge on any atom is 0.119 e. The van der Waals surface area contributed by atoms with E-state index in [0.717, 1.165) is 100 Å². The molecule has 7 nitrogen and oxygen atoms in total. The van der Waals surface area contributed by atoms with Crippen LogP contribution in [0.5, 0.6) is 23.0 Å². The first-order chi connectivity index (χ1) is 24.7. The Balaban J connectivity index is 0.741. The third kappa shape index (κ3) is 8.41. The molecule has 1 unspecified atom stereocenters. The lowest BCUT2D eigenvalue weighted by atomic mass is 10.1. The summed E-state index contributed by atoms with van der Waals surface area (Å²) in [7, 11) is 0. The Labute approximate surface area is 293 Å². The molecule has 1 atom stereocenters. The smallest absolute Gasteiger partial charge is 0.119 e. The SMILES string of the molecule is c1cc(-c2ccc(-c3ccc(OCC4CC4)cc3)[nH]2)ccc1OCCCCOc1ccc(-c2ccc(-c3ccc(OCC4CO4)cc3)[nH]2)cc1. The highest BCUT2D eigenvalue weighted by molar-refractivity contribution is 5.70. The molecule has 7 heteroatoms. The second kappa shape index (κ2) is 15.0. The van der Waals surface area contributed by atoms with Crippen LogP contribution in [0.4, 0.5) is 0 Å². The molecule has 6 aromatic rings. The quantitative estimate of drug-likeness (QED) is 0.0748. The first-order valence-corrected chi connectivity index (χ1v) is 17.6. The van der Waals surface area contributed by atoms with E-state index in [2.05, 4.69) is 94.9 Å². The molecule has 0 amide bonds. The number of rotatable bonds is 17. The first-order valence-electron chi connectivity index (χ1n) is 17.6. The molecule has 1 saturated heterocycles. The molecular formula is C43H42N2O5. The van der Waals surface area contributed by atoms with Gasteiger partial charge in [0.15, 0.2) is 0 Å². The van der Waals surface area contributed by atoms with Crippen molar-refractivity contribution in [1.29, 1.82) is 0 Å². The summed E-state index contributed by atoms with van der Waals surface area (Å²) < 4.78 is 28.8. The zero-order chi connectivity index (χ0) is 33.5. The summed E-state index contributed by atoms with van der Waals surface area (Å²) in [6.45, 7) is 3.54. The van der Waals surface area contributed by atoms with Crippen LogP contribution in [0.2, 0.25) is 0 Å². The number of aromatic amines is 2. The van der Waals surface area contributed by atoms with E-state index < -0.39 is 0 Å². The summed E-state index contributed by atoms with van der Waals surface area (Å²) in [5.74, 6) is 4.29. The Kier molecular flexibility index (Phi) is 9.56. The van der Waals surface area contributed by atoms with Crippen LogP contribution < -0.4 is 18.9 Å². The van der Waals surface area contributed by atoms with E-state index in [4.69, 9.17) is 23.7 Å². The number of unbranched alkanes of at least 4 members (excludes halogenated alkanes) is 1. The van der Waals surface area contributed by atoms with Crippen LogP contribution in [0.1, 0.15) is 25.7 Å². The van der Waals surface area contributed by atoms with Crippen LogP contribution in [-0.2, 0) is 4.74 Å². The third-order valence-electron chi connectivity index (χ3n) is 9.13. The lowest BCUT2D eigenvalue weighted by Gasteiger charge is -2.09. The topological polar surface area (TPSA) is 81.0 Å². The normalized spacial score (nSPS) is 15.1. The number of benzene rings is 4. The summed E-state index contributed by atoms with van der Waals surface area (Å²) in [6.07, 6.45) is 4.68. The minimum Gasteiger partial charge on any atom is -0.494 e. The van der Waals surface area contributed by atoms with Crippen LogP contribution in [0.15, 0.2) is 121 Å². The standard InChI is InChI=1S/C43H42N2O5/c1(25-46-35-13-5-31(6-14-35)40-21-23-42(44-40)33-9-17-37(18-10-33)48-27-30-3-4-30)2-26-47-36-15-7-32(8-16-36)41-22-24-43(45-41)34-11-19-38(20-12-34)49-28-39-29-50-39/h5-24,30,39,44-45H,1-4,25-29H2. The van der Waals surface area contributed by atoms with Gasteiger partial charge in [0.25, 0.3) is 0 Å². The van der Waals surface area contributed by atoms with Crippen molar-refractivity contribution in [2.24, 2.45) is 5.92 Å². The van der Waals surface area contributed by atoms with Gasteiger partial charge in [0.2, 0.25) is 0 Å². The minimum atomic E-state index is 0.255. The number of nitrogens with one attached hydrogen (secondary N) is 2. The number of epoxide rings is 1. The number of ether oxygens (including phenoxy) is 5. The molecule has 254 valence electrons. The maximum absolute atomic E-state index is 6.01. The molecular weight excluding hydrogens is 624 g/mol. The lowest BCUT2D eigenvalue weighted by molar-refractivity contribution is 0.263. The Hall–Kier alpha value is -5.40. The first kappa shape index (κ1) is 31.8. The van der Waals surface area contributed by atoms with Gasteiger partial charge in [-0.3, -0.25) is 0 Å². The van der Waals surface area contributed by atoms with E-state index in [0.29, 0.717) is 19.8 Å². The molecule has 1 aliphatic carbocycles. The average Bonchev–Trinajstić information content (AvgIpc) is 4.08. The highest BCUT2D eigenvalue weighted by Gasteiger charge is 2.23. The second-order valence-corrected chi connectivity index (χ2v) is 13.1. The average molecular weight is 667 g/mol. The minimum absolute atomic E-state index is 0.255. The molecule has 0 spiro atoms. The summed E-state index contributed by atoms with van der Waals surface area (Å²) >= 11 is 0. The van der Waals surface area contributed by atoms with Crippen molar-refractivity contribution in [3.63, 3.8) is 0 Å². The molecule has 2 aromatic heterocycles. The van der Waals surface area contributed by atoms with E-state index in [1.54, 1.807) is 0 Å². The third-order valence-corrected chi connectivity index (χ3v) is 9.13. The molecule has 0 radical (unpaired) electrons. The van der Waals surface area contributed by atoms with Gasteiger partial charge in [-0.05, 0) is 175 Å². The molecule has 2 N–H and O–H groups in total. The fourth-order valence-electron chi connectivity index (χ4n) is 5.82. The van der Waals surface area contributed by atoms with Gasteiger partial charge >= 0.3 is 0 Å². The molecule has 3 heterocycles. The van der Waals surface area contributed by atoms with Gasteiger partial charge in [0.05, 0.1) is 26.4 Å². The fraction of sp³-hybridized carbons (Fsp3) is 0.256. The van der Waals surface area contributed by atoms with Gasteiger partial charge in [0, 0.05) is 22.8 Å². The molecule has 0 bridgehead atoms. The highest BCUT2D eigenvalue weighted by Crippen LogP contribution is 2.31. The van der Waals surface area contributed by atoms with Crippen molar-refractivity contribution < 1.29 is 23.7 Å². The predicted molar refractivity (Wildman–Crippen MR) is 197 cm³/mol. The van der Waals surface area contributed by atoms with E-state index >= 15 is 0 Å². The van der Waals surface area contributed by atoms with Gasteiger partial charge in [-0.2, -0.15) is 0 Å². The zero-order valence-corrected chi connectivity index (χ0v) is 28.1. The number of aromatic nitrogens is 2. The van der Waals surface area contributed by atoms with E-state index in [1.807, 2.05) is 36.4 Å². The summed E-state index contributed by atoms with van der Waals surface area (Å²) in [5, 5.41) is 0. The van der Waals surface area contributed by atoms with Crippen LogP contribution in [0, 0.1) is 5.92 Å². The van der Waals surface area contributed by atoms with Crippen molar-refractivity contribution in [2.45, 2.75) is 31.8 Å². The Morgan fingerprint density at radius 1 is 0.440 bits per heavy atom. The molecule has 1 aliphatic heterocycles. The van der Waals surface area contributed by atoms with Crippen molar-refractivity contribution in [3.8, 4) is 68.0 Å². The zero-order valence-electron chi connectivity index (χ0n) is 28.1. The van der Waals surface area contributed by atoms with Gasteiger partial charge in [-0.25, -0.2) is 0 Å². The number of hydrogen-bond donors (Lipinski definition) is 2. The van der Waals surface area contributed by atoms with E-state index in [-0.39, 0.29) is 6.10 Å². The number of H-pyrrole nitrogens is 2.